The maximum atomic E-state index is 12.2. The fraction of sp³-hybridized carbons (Fsp3) is 0.375. The molecule has 1 heterocycles. The molecule has 0 radical (unpaired) electrons. The number of rotatable bonds is 1. The predicted octanol–water partition coefficient (Wildman–Crippen LogP) is 3.15. The molecule has 0 N–H and O–H groups in total. The molecule has 0 fully saturated rings. The number of carbonyl (C=O) groups is 1. The number of para-hydroxylation sites is 1. The molecule has 0 amide bonds. The summed E-state index contributed by atoms with van der Waals surface area (Å²) in [5, 5.41) is 0.905. The number of hydrogen-bond acceptors (Lipinski definition) is 3. The van der Waals surface area contributed by atoms with Gasteiger partial charge in [0, 0.05) is 11.1 Å². The van der Waals surface area contributed by atoms with Crippen molar-refractivity contribution < 1.29 is 9.53 Å². The van der Waals surface area contributed by atoms with Gasteiger partial charge >= 0.3 is 5.97 Å². The van der Waals surface area contributed by atoms with Gasteiger partial charge < -0.3 is 4.74 Å². The first-order valence-electron chi connectivity index (χ1n) is 6.69. The van der Waals surface area contributed by atoms with Crippen molar-refractivity contribution in [3.63, 3.8) is 0 Å². The van der Waals surface area contributed by atoms with Crippen LogP contribution in [0.15, 0.2) is 24.3 Å². The molecule has 1 aliphatic rings. The Morgan fingerprint density at radius 1 is 1.37 bits per heavy atom. The van der Waals surface area contributed by atoms with Crippen molar-refractivity contribution in [1.29, 1.82) is 0 Å². The molecule has 1 aromatic heterocycles. The molecule has 1 aliphatic carbocycles. The summed E-state index contributed by atoms with van der Waals surface area (Å²) in [7, 11) is 1.44. The molecule has 1 atom stereocenters. The van der Waals surface area contributed by atoms with Gasteiger partial charge in [-0.05, 0) is 36.8 Å². The molecule has 3 heteroatoms. The van der Waals surface area contributed by atoms with E-state index >= 15 is 0 Å². The number of ether oxygens (including phenoxy) is 1. The lowest BCUT2D eigenvalue weighted by Crippen LogP contribution is -2.18. The quantitative estimate of drug-likeness (QED) is 0.735. The summed E-state index contributed by atoms with van der Waals surface area (Å²) < 4.78 is 4.98. The van der Waals surface area contributed by atoms with E-state index in [4.69, 9.17) is 9.72 Å². The Hall–Kier alpha value is -1.90. The topological polar surface area (TPSA) is 39.2 Å². The smallest absolute Gasteiger partial charge is 0.338 e. The Morgan fingerprint density at radius 2 is 2.16 bits per heavy atom. The molecule has 3 nitrogen and oxygen atoms in total. The number of hydrogen-bond donors (Lipinski definition) is 0. The van der Waals surface area contributed by atoms with Crippen molar-refractivity contribution >= 4 is 16.9 Å². The number of aromatic nitrogens is 1. The van der Waals surface area contributed by atoms with Gasteiger partial charge in [-0.15, -0.1) is 0 Å². The van der Waals surface area contributed by atoms with Crippen LogP contribution in [-0.4, -0.2) is 18.1 Å². The summed E-state index contributed by atoms with van der Waals surface area (Å²) in [5.41, 5.74) is 3.76. The first-order valence-corrected chi connectivity index (χ1v) is 6.69. The first kappa shape index (κ1) is 12.2. The number of pyridine rings is 1. The number of methoxy groups -OCH3 is 1. The van der Waals surface area contributed by atoms with Gasteiger partial charge in [0.1, 0.15) is 0 Å². The molecular weight excluding hydrogens is 238 g/mol. The second-order valence-electron chi connectivity index (χ2n) is 5.27. The van der Waals surface area contributed by atoms with E-state index in [2.05, 4.69) is 6.92 Å². The van der Waals surface area contributed by atoms with E-state index in [0.29, 0.717) is 5.92 Å². The molecule has 0 unspecified atom stereocenters. The predicted molar refractivity (Wildman–Crippen MR) is 74.3 cm³/mol. The van der Waals surface area contributed by atoms with Crippen molar-refractivity contribution in [3.8, 4) is 0 Å². The zero-order chi connectivity index (χ0) is 13.4. The van der Waals surface area contributed by atoms with Crippen molar-refractivity contribution in [3.05, 3.63) is 41.1 Å². The lowest BCUT2D eigenvalue weighted by molar-refractivity contribution is 0.0601. The Morgan fingerprint density at radius 3 is 2.95 bits per heavy atom. The minimum absolute atomic E-state index is 0.246. The third kappa shape index (κ3) is 1.99. The lowest BCUT2D eigenvalue weighted by atomic mass is 9.84. The normalized spacial score (nSPS) is 18.1. The van der Waals surface area contributed by atoms with Gasteiger partial charge in [-0.1, -0.05) is 25.1 Å². The highest BCUT2D eigenvalue weighted by Crippen LogP contribution is 2.31. The summed E-state index contributed by atoms with van der Waals surface area (Å²) in [6, 6.07) is 7.80. The highest BCUT2D eigenvalue weighted by Gasteiger charge is 2.25. The molecule has 19 heavy (non-hydrogen) atoms. The molecule has 0 aliphatic heterocycles. The monoisotopic (exact) mass is 255 g/mol. The zero-order valence-electron chi connectivity index (χ0n) is 11.3. The molecule has 98 valence electrons. The van der Waals surface area contributed by atoms with Gasteiger partial charge in [-0.25, -0.2) is 4.79 Å². The highest BCUT2D eigenvalue weighted by atomic mass is 16.5. The Kier molecular flexibility index (Phi) is 2.97. The van der Waals surface area contributed by atoms with Crippen LogP contribution in [0.4, 0.5) is 0 Å². The van der Waals surface area contributed by atoms with E-state index in [1.807, 2.05) is 24.3 Å². The SMILES string of the molecule is COC(=O)c1c2c(nc3ccccc13)CC[C@H](C)C2. The van der Waals surface area contributed by atoms with Gasteiger partial charge in [-0.2, -0.15) is 0 Å². The van der Waals surface area contributed by atoms with Gasteiger partial charge in [0.05, 0.1) is 18.2 Å². The molecule has 0 saturated carbocycles. The summed E-state index contributed by atoms with van der Waals surface area (Å²) >= 11 is 0. The van der Waals surface area contributed by atoms with Crippen LogP contribution in [0.3, 0.4) is 0 Å². The number of benzene rings is 1. The largest absolute Gasteiger partial charge is 0.465 e. The number of nitrogens with zero attached hydrogens (tertiary/aromatic N) is 1. The van der Waals surface area contributed by atoms with E-state index < -0.39 is 0 Å². The summed E-state index contributed by atoms with van der Waals surface area (Å²) in [6.07, 6.45) is 3.00. The average molecular weight is 255 g/mol. The molecule has 0 spiro atoms. The minimum atomic E-state index is -0.246. The van der Waals surface area contributed by atoms with Crippen LogP contribution in [0.1, 0.15) is 35.0 Å². The van der Waals surface area contributed by atoms with Crippen LogP contribution >= 0.6 is 0 Å². The van der Waals surface area contributed by atoms with Gasteiger partial charge in [-0.3, -0.25) is 4.98 Å². The van der Waals surface area contributed by atoms with Crippen molar-refractivity contribution in [2.24, 2.45) is 5.92 Å². The number of carbonyl (C=O) groups excluding carboxylic acids is 1. The van der Waals surface area contributed by atoms with E-state index in [0.717, 1.165) is 47.0 Å². The maximum Gasteiger partial charge on any atom is 0.338 e. The van der Waals surface area contributed by atoms with E-state index in [1.54, 1.807) is 0 Å². The Bertz CT molecular complexity index is 648. The standard InChI is InChI=1S/C16H17NO2/c1-10-7-8-14-12(9-10)15(16(18)19-2)11-5-3-4-6-13(11)17-14/h3-6,10H,7-9H2,1-2H3/t10-/m0/s1. The van der Waals surface area contributed by atoms with Crippen LogP contribution in [0.25, 0.3) is 10.9 Å². The molecule has 2 aromatic rings. The molecule has 1 aromatic carbocycles. The van der Waals surface area contributed by atoms with Gasteiger partial charge in [0.25, 0.3) is 0 Å². The first-order chi connectivity index (χ1) is 9.20. The van der Waals surface area contributed by atoms with Gasteiger partial charge in [0.2, 0.25) is 0 Å². The highest BCUT2D eigenvalue weighted by molar-refractivity contribution is 6.05. The molecular formula is C16H17NO2. The van der Waals surface area contributed by atoms with E-state index in [-0.39, 0.29) is 5.97 Å². The maximum absolute atomic E-state index is 12.2. The second kappa shape index (κ2) is 4.65. The van der Waals surface area contributed by atoms with Crippen LogP contribution in [0, 0.1) is 5.92 Å². The van der Waals surface area contributed by atoms with E-state index in [1.165, 1.54) is 7.11 Å². The third-order valence-corrected chi connectivity index (χ3v) is 3.89. The molecule has 3 rings (SSSR count). The second-order valence-corrected chi connectivity index (χ2v) is 5.27. The van der Waals surface area contributed by atoms with Crippen LogP contribution < -0.4 is 0 Å². The summed E-state index contributed by atoms with van der Waals surface area (Å²) in [4.78, 5) is 16.9. The third-order valence-electron chi connectivity index (χ3n) is 3.89. The van der Waals surface area contributed by atoms with Gasteiger partial charge in [0.15, 0.2) is 0 Å². The van der Waals surface area contributed by atoms with E-state index in [9.17, 15) is 4.79 Å². The van der Waals surface area contributed by atoms with Crippen LogP contribution in [-0.2, 0) is 17.6 Å². The van der Waals surface area contributed by atoms with Crippen molar-refractivity contribution in [2.45, 2.75) is 26.2 Å². The number of fused-ring (bicyclic) bond motifs is 2. The zero-order valence-corrected chi connectivity index (χ0v) is 11.3. The Labute approximate surface area is 112 Å². The molecule has 0 saturated heterocycles. The Balaban J connectivity index is 2.33. The van der Waals surface area contributed by atoms with Crippen LogP contribution in [0.2, 0.25) is 0 Å². The van der Waals surface area contributed by atoms with Crippen LogP contribution in [0.5, 0.6) is 0 Å². The molecule has 0 bridgehead atoms. The van der Waals surface area contributed by atoms with Crippen molar-refractivity contribution in [1.82, 2.24) is 4.98 Å². The van der Waals surface area contributed by atoms with Crippen molar-refractivity contribution in [2.75, 3.05) is 7.11 Å². The average Bonchev–Trinajstić information content (AvgIpc) is 2.44. The summed E-state index contributed by atoms with van der Waals surface area (Å²) in [6.45, 7) is 2.22. The lowest BCUT2D eigenvalue weighted by Gasteiger charge is -2.23. The minimum Gasteiger partial charge on any atom is -0.465 e. The number of aryl methyl sites for hydroxylation is 1. The fourth-order valence-electron chi connectivity index (χ4n) is 2.90. The summed E-state index contributed by atoms with van der Waals surface area (Å²) in [5.74, 6) is 0.350. The number of esters is 1. The fourth-order valence-corrected chi connectivity index (χ4v) is 2.90.